The van der Waals surface area contributed by atoms with E-state index in [0.29, 0.717) is 11.6 Å². The monoisotopic (exact) mass is 389 g/mol. The zero-order chi connectivity index (χ0) is 17.6. The van der Waals surface area contributed by atoms with Crippen LogP contribution in [0.25, 0.3) is 6.08 Å². The maximum absolute atomic E-state index is 11.9. The Morgan fingerprint density at radius 1 is 1.24 bits per heavy atom. The molecule has 0 saturated heterocycles. The van der Waals surface area contributed by atoms with Gasteiger partial charge in [-0.25, -0.2) is 0 Å². The number of carbonyl (C=O) groups is 1. The van der Waals surface area contributed by atoms with Crippen molar-refractivity contribution < 1.29 is 9.90 Å². The van der Waals surface area contributed by atoms with E-state index in [0.717, 1.165) is 20.9 Å². The first-order valence-electron chi connectivity index (χ1n) is 7.62. The van der Waals surface area contributed by atoms with Crippen molar-refractivity contribution in [2.45, 2.75) is 12.6 Å². The van der Waals surface area contributed by atoms with Gasteiger partial charge >= 0.3 is 0 Å². The van der Waals surface area contributed by atoms with E-state index in [4.69, 9.17) is 11.6 Å². The van der Waals surface area contributed by atoms with Crippen LogP contribution in [0.15, 0.2) is 59.3 Å². The predicted octanol–water partition coefficient (Wildman–Crippen LogP) is 4.87. The minimum atomic E-state index is -0.610. The lowest BCUT2D eigenvalue weighted by atomic mass is 10.2. The Bertz CT molecular complexity index is 871. The fourth-order valence-corrected chi connectivity index (χ4v) is 4.08. The highest BCUT2D eigenvalue weighted by Gasteiger charge is 2.13. The Labute approximate surface area is 159 Å². The number of aliphatic hydroxyl groups is 1. The Kier molecular flexibility index (Phi) is 6.04. The molecule has 0 aliphatic rings. The zero-order valence-electron chi connectivity index (χ0n) is 13.2. The SMILES string of the molecule is O=C(/C=C/c1ccccc1Cl)NCc1ccc(C(O)c2ccsc2)s1. The summed E-state index contributed by atoms with van der Waals surface area (Å²) in [6.45, 7) is 0.423. The van der Waals surface area contributed by atoms with E-state index in [9.17, 15) is 9.90 Å². The predicted molar refractivity (Wildman–Crippen MR) is 105 cm³/mol. The molecule has 0 spiro atoms. The van der Waals surface area contributed by atoms with E-state index < -0.39 is 6.10 Å². The Hall–Kier alpha value is -1.92. The van der Waals surface area contributed by atoms with Crippen molar-refractivity contribution in [3.8, 4) is 0 Å². The van der Waals surface area contributed by atoms with Crippen LogP contribution in [-0.2, 0) is 11.3 Å². The molecule has 0 aliphatic heterocycles. The van der Waals surface area contributed by atoms with E-state index in [1.165, 1.54) is 17.4 Å². The van der Waals surface area contributed by atoms with Gasteiger partial charge in [0, 0.05) is 20.9 Å². The molecule has 1 unspecified atom stereocenters. The van der Waals surface area contributed by atoms with E-state index in [1.807, 2.05) is 47.2 Å². The van der Waals surface area contributed by atoms with Crippen molar-refractivity contribution in [2.75, 3.05) is 0 Å². The third kappa shape index (κ3) is 4.80. The lowest BCUT2D eigenvalue weighted by Crippen LogP contribution is -2.19. The van der Waals surface area contributed by atoms with Crippen molar-refractivity contribution in [1.82, 2.24) is 5.32 Å². The van der Waals surface area contributed by atoms with Crippen LogP contribution in [0, 0.1) is 0 Å². The number of rotatable bonds is 6. The van der Waals surface area contributed by atoms with Gasteiger partial charge in [-0.15, -0.1) is 11.3 Å². The Morgan fingerprint density at radius 3 is 2.84 bits per heavy atom. The second-order valence-corrected chi connectivity index (χ2v) is 7.72. The smallest absolute Gasteiger partial charge is 0.244 e. The summed E-state index contributed by atoms with van der Waals surface area (Å²) >= 11 is 9.10. The number of nitrogens with one attached hydrogen (secondary N) is 1. The molecule has 2 N–H and O–H groups in total. The molecule has 3 nitrogen and oxygen atoms in total. The molecule has 1 amide bonds. The summed E-state index contributed by atoms with van der Waals surface area (Å²) in [4.78, 5) is 13.8. The maximum atomic E-state index is 11.9. The first-order chi connectivity index (χ1) is 12.1. The number of carbonyl (C=O) groups excluding carboxylic acids is 1. The third-order valence-electron chi connectivity index (χ3n) is 3.57. The number of hydrogen-bond acceptors (Lipinski definition) is 4. The van der Waals surface area contributed by atoms with Gasteiger partial charge < -0.3 is 10.4 Å². The van der Waals surface area contributed by atoms with Crippen molar-refractivity contribution in [3.63, 3.8) is 0 Å². The summed E-state index contributed by atoms with van der Waals surface area (Å²) in [5.74, 6) is -0.187. The fraction of sp³-hybridized carbons (Fsp3) is 0.105. The molecule has 0 bridgehead atoms. The molecular weight excluding hydrogens is 374 g/mol. The number of aliphatic hydroxyl groups excluding tert-OH is 1. The second kappa shape index (κ2) is 8.45. The minimum Gasteiger partial charge on any atom is -0.383 e. The van der Waals surface area contributed by atoms with Crippen molar-refractivity contribution in [1.29, 1.82) is 0 Å². The average Bonchev–Trinajstić information content (AvgIpc) is 3.30. The number of amides is 1. The van der Waals surface area contributed by atoms with Gasteiger partial charge in [-0.3, -0.25) is 4.79 Å². The molecule has 0 saturated carbocycles. The summed E-state index contributed by atoms with van der Waals surface area (Å²) in [5.41, 5.74) is 1.70. The first kappa shape index (κ1) is 17.9. The van der Waals surface area contributed by atoms with E-state index in [2.05, 4.69) is 5.32 Å². The van der Waals surface area contributed by atoms with Gasteiger partial charge in [-0.05, 0) is 52.2 Å². The average molecular weight is 390 g/mol. The fourth-order valence-electron chi connectivity index (χ4n) is 2.24. The van der Waals surface area contributed by atoms with Gasteiger partial charge in [-0.1, -0.05) is 29.8 Å². The molecular formula is C19H16ClNO2S2. The van der Waals surface area contributed by atoms with Gasteiger partial charge in [0.15, 0.2) is 0 Å². The van der Waals surface area contributed by atoms with Crippen LogP contribution in [0.1, 0.15) is 27.0 Å². The molecule has 128 valence electrons. The van der Waals surface area contributed by atoms with Crippen LogP contribution in [-0.4, -0.2) is 11.0 Å². The van der Waals surface area contributed by atoms with Gasteiger partial charge in [0.1, 0.15) is 6.10 Å². The molecule has 25 heavy (non-hydrogen) atoms. The molecule has 1 atom stereocenters. The number of thiophene rings is 2. The van der Waals surface area contributed by atoms with E-state index >= 15 is 0 Å². The summed E-state index contributed by atoms with van der Waals surface area (Å²) < 4.78 is 0. The van der Waals surface area contributed by atoms with Crippen LogP contribution in [0.2, 0.25) is 5.02 Å². The van der Waals surface area contributed by atoms with Crippen molar-refractivity contribution in [2.24, 2.45) is 0 Å². The third-order valence-corrected chi connectivity index (χ3v) is 5.75. The molecule has 6 heteroatoms. The quantitative estimate of drug-likeness (QED) is 0.590. The lowest BCUT2D eigenvalue weighted by Gasteiger charge is -2.05. The maximum Gasteiger partial charge on any atom is 0.244 e. The first-order valence-corrected chi connectivity index (χ1v) is 9.76. The normalized spacial score (nSPS) is 12.4. The summed E-state index contributed by atoms with van der Waals surface area (Å²) in [5, 5.41) is 17.6. The van der Waals surface area contributed by atoms with Crippen LogP contribution in [0.5, 0.6) is 0 Å². The van der Waals surface area contributed by atoms with Gasteiger partial charge in [0.25, 0.3) is 0 Å². The lowest BCUT2D eigenvalue weighted by molar-refractivity contribution is -0.116. The zero-order valence-corrected chi connectivity index (χ0v) is 15.6. The Balaban J connectivity index is 1.55. The summed E-state index contributed by atoms with van der Waals surface area (Å²) in [6, 6.07) is 13.1. The van der Waals surface area contributed by atoms with Crippen molar-refractivity contribution in [3.05, 3.63) is 85.2 Å². The highest BCUT2D eigenvalue weighted by Crippen LogP contribution is 2.29. The van der Waals surface area contributed by atoms with Gasteiger partial charge in [-0.2, -0.15) is 11.3 Å². The summed E-state index contributed by atoms with van der Waals surface area (Å²) in [6.07, 6.45) is 2.55. The van der Waals surface area contributed by atoms with E-state index in [-0.39, 0.29) is 5.91 Å². The molecule has 2 heterocycles. The molecule has 3 aromatic rings. The molecule has 0 aliphatic carbocycles. The Morgan fingerprint density at radius 2 is 2.08 bits per heavy atom. The van der Waals surface area contributed by atoms with Crippen LogP contribution >= 0.6 is 34.3 Å². The second-order valence-electron chi connectivity index (χ2n) is 5.34. The molecule has 0 fully saturated rings. The van der Waals surface area contributed by atoms with Crippen LogP contribution in [0.4, 0.5) is 0 Å². The highest BCUT2D eigenvalue weighted by molar-refractivity contribution is 7.12. The van der Waals surface area contributed by atoms with E-state index in [1.54, 1.807) is 23.5 Å². The molecule has 0 radical (unpaired) electrons. The number of halogens is 1. The molecule has 2 aromatic heterocycles. The number of benzene rings is 1. The summed E-state index contributed by atoms with van der Waals surface area (Å²) in [7, 11) is 0. The largest absolute Gasteiger partial charge is 0.383 e. The minimum absolute atomic E-state index is 0.187. The highest BCUT2D eigenvalue weighted by atomic mass is 35.5. The molecule has 1 aromatic carbocycles. The topological polar surface area (TPSA) is 49.3 Å². The molecule has 3 rings (SSSR count). The van der Waals surface area contributed by atoms with Gasteiger partial charge in [0.2, 0.25) is 5.91 Å². The van der Waals surface area contributed by atoms with Crippen LogP contribution < -0.4 is 5.32 Å². The van der Waals surface area contributed by atoms with Gasteiger partial charge in [0.05, 0.1) is 6.54 Å². The number of hydrogen-bond donors (Lipinski definition) is 2. The van der Waals surface area contributed by atoms with Crippen LogP contribution in [0.3, 0.4) is 0 Å². The van der Waals surface area contributed by atoms with Crippen molar-refractivity contribution >= 4 is 46.3 Å². The standard InChI is InChI=1S/C19H16ClNO2S2/c20-16-4-2-1-3-13(16)5-8-18(22)21-11-15-6-7-17(25-15)19(23)14-9-10-24-12-14/h1-10,12,19,23H,11H2,(H,21,22)/b8-5+.